The van der Waals surface area contributed by atoms with Crippen LogP contribution in [0.25, 0.3) is 0 Å². The monoisotopic (exact) mass is 316 g/mol. The first-order chi connectivity index (χ1) is 10.6. The van der Waals surface area contributed by atoms with E-state index < -0.39 is 24.0 Å². The fourth-order valence-corrected chi connectivity index (χ4v) is 2.76. The maximum Gasteiger partial charge on any atom is 0.322 e. The fraction of sp³-hybridized carbons (Fsp3) is 0.143. The van der Waals surface area contributed by atoms with Crippen molar-refractivity contribution in [1.82, 2.24) is 15.2 Å². The summed E-state index contributed by atoms with van der Waals surface area (Å²) in [5, 5.41) is 7.25. The Balaban J connectivity index is 1.71. The van der Waals surface area contributed by atoms with Crippen LogP contribution in [0.4, 0.5) is 9.93 Å². The number of carbonyl (C=O) groups is 3. The van der Waals surface area contributed by atoms with E-state index in [0.717, 1.165) is 4.90 Å². The molecule has 4 amide bonds. The molecule has 1 aromatic carbocycles. The van der Waals surface area contributed by atoms with Gasteiger partial charge in [0.1, 0.15) is 6.17 Å². The van der Waals surface area contributed by atoms with Crippen LogP contribution >= 0.6 is 11.3 Å². The van der Waals surface area contributed by atoms with Gasteiger partial charge in [0.2, 0.25) is 0 Å². The third kappa shape index (κ3) is 2.44. The van der Waals surface area contributed by atoms with Crippen molar-refractivity contribution in [3.63, 3.8) is 0 Å². The molecule has 0 saturated carbocycles. The second-order valence-electron chi connectivity index (χ2n) is 4.64. The normalized spacial score (nSPS) is 14.7. The van der Waals surface area contributed by atoms with Gasteiger partial charge in [-0.2, -0.15) is 0 Å². The van der Waals surface area contributed by atoms with Gasteiger partial charge in [0.15, 0.2) is 5.13 Å². The van der Waals surface area contributed by atoms with Gasteiger partial charge >= 0.3 is 6.03 Å². The minimum atomic E-state index is -0.771. The average molecular weight is 316 g/mol. The Labute approximate surface area is 130 Å². The van der Waals surface area contributed by atoms with Crippen LogP contribution in [0.2, 0.25) is 0 Å². The molecule has 1 aliphatic heterocycles. The summed E-state index contributed by atoms with van der Waals surface area (Å²) in [6.07, 6.45) is 0.792. The molecule has 2 heterocycles. The van der Waals surface area contributed by atoms with Crippen molar-refractivity contribution in [2.24, 2.45) is 0 Å². The van der Waals surface area contributed by atoms with Gasteiger partial charge in [0.05, 0.1) is 11.1 Å². The van der Waals surface area contributed by atoms with Crippen molar-refractivity contribution in [1.29, 1.82) is 0 Å². The van der Waals surface area contributed by atoms with Crippen LogP contribution in [0.1, 0.15) is 27.6 Å². The van der Waals surface area contributed by atoms with E-state index in [0.29, 0.717) is 16.3 Å². The number of benzene rings is 1. The number of amides is 4. The molecule has 0 fully saturated rings. The molecular formula is C14H12N4O3S. The molecule has 0 bridgehead atoms. The Kier molecular flexibility index (Phi) is 3.60. The van der Waals surface area contributed by atoms with E-state index in [1.807, 2.05) is 0 Å². The lowest BCUT2D eigenvalue weighted by Gasteiger charge is -2.23. The SMILES string of the molecule is CC(NC(=O)Nc1nccs1)N1C(=O)c2ccccc2C1=O. The molecule has 1 unspecified atom stereocenters. The number of anilines is 1. The highest BCUT2D eigenvalue weighted by molar-refractivity contribution is 7.13. The van der Waals surface area contributed by atoms with Gasteiger partial charge < -0.3 is 5.32 Å². The molecule has 7 nitrogen and oxygen atoms in total. The molecule has 1 aromatic heterocycles. The Morgan fingerprint density at radius 1 is 1.23 bits per heavy atom. The molecule has 0 spiro atoms. The summed E-state index contributed by atoms with van der Waals surface area (Å²) in [7, 11) is 0. The van der Waals surface area contributed by atoms with Crippen molar-refractivity contribution in [3.05, 3.63) is 47.0 Å². The summed E-state index contributed by atoms with van der Waals surface area (Å²) in [5.41, 5.74) is 0.697. The number of nitrogens with zero attached hydrogens (tertiary/aromatic N) is 2. The fourth-order valence-electron chi connectivity index (χ4n) is 2.23. The maximum atomic E-state index is 12.3. The van der Waals surface area contributed by atoms with Crippen molar-refractivity contribution in [3.8, 4) is 0 Å². The second kappa shape index (κ2) is 5.57. The first kappa shape index (κ1) is 14.2. The standard InChI is InChI=1S/C14H12N4O3S/c1-8(16-13(21)17-14-15-6-7-22-14)18-11(19)9-4-2-3-5-10(9)12(18)20/h2-8H,1H3,(H2,15,16,17,21). The largest absolute Gasteiger partial charge is 0.322 e. The van der Waals surface area contributed by atoms with Crippen molar-refractivity contribution in [2.75, 3.05) is 5.32 Å². The molecule has 3 rings (SSSR count). The van der Waals surface area contributed by atoms with Crippen LogP contribution in [-0.2, 0) is 0 Å². The first-order valence-corrected chi connectivity index (χ1v) is 7.40. The Hall–Kier alpha value is -2.74. The van der Waals surface area contributed by atoms with E-state index in [9.17, 15) is 14.4 Å². The van der Waals surface area contributed by atoms with Gasteiger partial charge in [-0.25, -0.2) is 9.78 Å². The number of rotatable bonds is 3. The molecule has 2 aromatic rings. The van der Waals surface area contributed by atoms with Crippen molar-refractivity contribution >= 4 is 34.3 Å². The highest BCUT2D eigenvalue weighted by Gasteiger charge is 2.38. The third-order valence-electron chi connectivity index (χ3n) is 3.21. The Morgan fingerprint density at radius 3 is 2.41 bits per heavy atom. The molecule has 22 heavy (non-hydrogen) atoms. The van der Waals surface area contributed by atoms with Crippen LogP contribution in [0.15, 0.2) is 35.8 Å². The van der Waals surface area contributed by atoms with Gasteiger partial charge in [-0.15, -0.1) is 11.3 Å². The number of urea groups is 1. The minimum absolute atomic E-state index is 0.349. The van der Waals surface area contributed by atoms with E-state index in [1.54, 1.807) is 42.8 Å². The molecule has 0 aliphatic carbocycles. The zero-order valence-corrected chi connectivity index (χ0v) is 12.4. The number of nitrogens with one attached hydrogen (secondary N) is 2. The van der Waals surface area contributed by atoms with E-state index in [1.165, 1.54) is 11.3 Å². The van der Waals surface area contributed by atoms with Gasteiger partial charge in [-0.1, -0.05) is 12.1 Å². The lowest BCUT2D eigenvalue weighted by atomic mass is 10.1. The summed E-state index contributed by atoms with van der Waals surface area (Å²) in [6, 6.07) is 6.05. The zero-order chi connectivity index (χ0) is 15.7. The number of fused-ring (bicyclic) bond motifs is 1. The minimum Gasteiger partial charge on any atom is -0.317 e. The topological polar surface area (TPSA) is 91.4 Å². The molecule has 0 saturated heterocycles. The lowest BCUT2D eigenvalue weighted by Crippen LogP contribution is -2.50. The number of carbonyl (C=O) groups excluding carboxylic acids is 3. The van der Waals surface area contributed by atoms with Gasteiger partial charge in [-0.05, 0) is 19.1 Å². The van der Waals surface area contributed by atoms with Gasteiger partial charge in [-0.3, -0.25) is 19.8 Å². The molecule has 1 aliphatic rings. The van der Waals surface area contributed by atoms with Crippen LogP contribution in [0.5, 0.6) is 0 Å². The number of hydrogen-bond donors (Lipinski definition) is 2. The molecule has 1 atom stereocenters. The van der Waals surface area contributed by atoms with Crippen LogP contribution in [0, 0.1) is 0 Å². The summed E-state index contributed by atoms with van der Waals surface area (Å²) < 4.78 is 0. The van der Waals surface area contributed by atoms with Gasteiger partial charge in [0.25, 0.3) is 11.8 Å². The van der Waals surface area contributed by atoms with E-state index in [-0.39, 0.29) is 0 Å². The Bertz CT molecular complexity index is 709. The van der Waals surface area contributed by atoms with E-state index >= 15 is 0 Å². The summed E-state index contributed by atoms with van der Waals surface area (Å²) in [5.74, 6) is -0.828. The molecule has 112 valence electrons. The number of aromatic nitrogens is 1. The third-order valence-corrected chi connectivity index (χ3v) is 3.89. The van der Waals surface area contributed by atoms with Crippen molar-refractivity contribution in [2.45, 2.75) is 13.1 Å². The molecule has 8 heteroatoms. The molecular weight excluding hydrogens is 304 g/mol. The van der Waals surface area contributed by atoms with E-state index in [4.69, 9.17) is 0 Å². The number of imide groups is 1. The number of hydrogen-bond acceptors (Lipinski definition) is 5. The zero-order valence-electron chi connectivity index (χ0n) is 11.6. The quantitative estimate of drug-likeness (QED) is 0.846. The predicted octanol–water partition coefficient (Wildman–Crippen LogP) is 1.91. The van der Waals surface area contributed by atoms with Crippen LogP contribution < -0.4 is 10.6 Å². The van der Waals surface area contributed by atoms with Crippen LogP contribution in [-0.4, -0.2) is 33.9 Å². The van der Waals surface area contributed by atoms with Crippen LogP contribution in [0.3, 0.4) is 0 Å². The van der Waals surface area contributed by atoms with E-state index in [2.05, 4.69) is 15.6 Å². The predicted molar refractivity (Wildman–Crippen MR) is 80.7 cm³/mol. The second-order valence-corrected chi connectivity index (χ2v) is 5.53. The maximum absolute atomic E-state index is 12.3. The number of thiazole rings is 1. The summed E-state index contributed by atoms with van der Waals surface area (Å²) in [6.45, 7) is 1.57. The lowest BCUT2D eigenvalue weighted by molar-refractivity contribution is 0.0581. The molecule has 2 N–H and O–H groups in total. The summed E-state index contributed by atoms with van der Waals surface area (Å²) in [4.78, 5) is 41.4. The summed E-state index contributed by atoms with van der Waals surface area (Å²) >= 11 is 1.27. The average Bonchev–Trinajstić information content (AvgIpc) is 3.07. The smallest absolute Gasteiger partial charge is 0.317 e. The first-order valence-electron chi connectivity index (χ1n) is 6.52. The molecule has 0 radical (unpaired) electrons. The Morgan fingerprint density at radius 2 is 1.86 bits per heavy atom. The highest BCUT2D eigenvalue weighted by Crippen LogP contribution is 2.23. The highest BCUT2D eigenvalue weighted by atomic mass is 32.1. The van der Waals surface area contributed by atoms with Crippen molar-refractivity contribution < 1.29 is 14.4 Å². The van der Waals surface area contributed by atoms with Gasteiger partial charge in [0, 0.05) is 11.6 Å².